The predicted octanol–water partition coefficient (Wildman–Crippen LogP) is 3.65. The molecule has 4 nitrogen and oxygen atoms in total. The Labute approximate surface area is 144 Å². The topological polar surface area (TPSA) is 63.2 Å². The lowest BCUT2D eigenvalue weighted by atomic mass is 9.91. The van der Waals surface area contributed by atoms with Gasteiger partial charge in [-0.15, -0.1) is 0 Å². The van der Waals surface area contributed by atoms with Gasteiger partial charge >= 0.3 is 0 Å². The van der Waals surface area contributed by atoms with Gasteiger partial charge in [0.05, 0.1) is 5.69 Å². The molecule has 0 aliphatic heterocycles. The van der Waals surface area contributed by atoms with E-state index in [1.54, 1.807) is 19.1 Å². The second-order valence-corrected chi connectivity index (χ2v) is 7.92. The number of Topliss-reactive ketones (excluding diaryl/α,β-unsaturated/α-hetero) is 1. The minimum absolute atomic E-state index is 0.0326. The standard InChI is InChI=1S/C17H15ClFNO3S/c1-10-2-4-13(18)9-16(10)20-24(22,23)17-8-11-3-5-14(21)6-12(11)7-15(17)19/h2,4,7-9,20H,3,5-6H2,1H3. The number of fused-ring (bicyclic) bond motifs is 1. The minimum atomic E-state index is -4.10. The third-order valence-electron chi connectivity index (χ3n) is 4.05. The van der Waals surface area contributed by atoms with E-state index in [1.807, 2.05) is 0 Å². The summed E-state index contributed by atoms with van der Waals surface area (Å²) in [6.07, 6.45) is 0.916. The SMILES string of the molecule is Cc1ccc(Cl)cc1NS(=O)(=O)c1cc2c(cc1F)CC(=O)CC2. The van der Waals surface area contributed by atoms with E-state index in [-0.39, 0.29) is 12.2 Å². The number of aryl methyl sites for hydroxylation is 2. The maximum absolute atomic E-state index is 14.3. The number of halogens is 2. The third-order valence-corrected chi connectivity index (χ3v) is 5.66. The number of sulfonamides is 1. The molecule has 2 aromatic rings. The highest BCUT2D eigenvalue weighted by molar-refractivity contribution is 7.92. The van der Waals surface area contributed by atoms with Gasteiger partial charge in [-0.25, -0.2) is 12.8 Å². The fourth-order valence-corrected chi connectivity index (χ4v) is 4.12. The molecule has 0 heterocycles. The van der Waals surface area contributed by atoms with Crippen molar-refractivity contribution in [2.75, 3.05) is 4.72 Å². The van der Waals surface area contributed by atoms with Gasteiger partial charge in [0.1, 0.15) is 16.5 Å². The summed E-state index contributed by atoms with van der Waals surface area (Å²) < 4.78 is 41.9. The lowest BCUT2D eigenvalue weighted by Crippen LogP contribution is -2.19. The first-order valence-electron chi connectivity index (χ1n) is 7.38. The highest BCUT2D eigenvalue weighted by Gasteiger charge is 2.25. The fourth-order valence-electron chi connectivity index (χ4n) is 2.72. The Hall–Kier alpha value is -1.92. The van der Waals surface area contributed by atoms with Crippen molar-refractivity contribution < 1.29 is 17.6 Å². The van der Waals surface area contributed by atoms with Crippen LogP contribution in [0.5, 0.6) is 0 Å². The summed E-state index contributed by atoms with van der Waals surface area (Å²) in [6, 6.07) is 7.26. The number of nitrogens with one attached hydrogen (secondary N) is 1. The molecule has 0 spiro atoms. The van der Waals surface area contributed by atoms with Gasteiger partial charge < -0.3 is 0 Å². The molecule has 24 heavy (non-hydrogen) atoms. The number of carbonyl (C=O) groups is 1. The molecule has 0 saturated carbocycles. The van der Waals surface area contributed by atoms with Gasteiger partial charge in [0.15, 0.2) is 0 Å². The average molecular weight is 368 g/mol. The van der Waals surface area contributed by atoms with Crippen LogP contribution in [0, 0.1) is 12.7 Å². The quantitative estimate of drug-likeness (QED) is 0.900. The molecule has 126 valence electrons. The van der Waals surface area contributed by atoms with Gasteiger partial charge in [-0.3, -0.25) is 9.52 Å². The van der Waals surface area contributed by atoms with Gasteiger partial charge in [0.2, 0.25) is 0 Å². The molecule has 0 unspecified atom stereocenters. The lowest BCUT2D eigenvalue weighted by molar-refractivity contribution is -0.118. The summed E-state index contributed by atoms with van der Waals surface area (Å²) >= 11 is 5.89. The average Bonchev–Trinajstić information content (AvgIpc) is 2.49. The normalized spacial score (nSPS) is 14.4. The molecule has 0 atom stereocenters. The maximum Gasteiger partial charge on any atom is 0.264 e. The summed E-state index contributed by atoms with van der Waals surface area (Å²) in [5.74, 6) is -0.833. The Morgan fingerprint density at radius 2 is 1.88 bits per heavy atom. The van der Waals surface area contributed by atoms with Crippen LogP contribution in [0.15, 0.2) is 35.2 Å². The van der Waals surface area contributed by atoms with E-state index in [9.17, 15) is 17.6 Å². The molecule has 1 aliphatic carbocycles. The van der Waals surface area contributed by atoms with Crippen molar-refractivity contribution in [3.05, 3.63) is 57.9 Å². The number of benzene rings is 2. The first kappa shape index (κ1) is 16.9. The molecule has 3 rings (SSSR count). The van der Waals surface area contributed by atoms with Crippen molar-refractivity contribution in [1.29, 1.82) is 0 Å². The van der Waals surface area contributed by atoms with Crippen LogP contribution in [0.2, 0.25) is 5.02 Å². The molecule has 0 amide bonds. The van der Waals surface area contributed by atoms with E-state index in [4.69, 9.17) is 11.6 Å². The van der Waals surface area contributed by atoms with Gasteiger partial charge in [-0.05, 0) is 54.3 Å². The van der Waals surface area contributed by atoms with E-state index in [0.717, 1.165) is 6.07 Å². The van der Waals surface area contributed by atoms with Crippen molar-refractivity contribution in [2.45, 2.75) is 31.1 Å². The van der Waals surface area contributed by atoms with Crippen LogP contribution in [-0.4, -0.2) is 14.2 Å². The number of hydrogen-bond acceptors (Lipinski definition) is 3. The zero-order valence-electron chi connectivity index (χ0n) is 12.9. The number of ketones is 1. The van der Waals surface area contributed by atoms with Crippen LogP contribution >= 0.6 is 11.6 Å². The fraction of sp³-hybridized carbons (Fsp3) is 0.235. The summed E-state index contributed by atoms with van der Waals surface area (Å²) in [5.41, 5.74) is 2.22. The summed E-state index contributed by atoms with van der Waals surface area (Å²) in [7, 11) is -4.10. The largest absolute Gasteiger partial charge is 0.299 e. The van der Waals surface area contributed by atoms with Crippen LogP contribution in [-0.2, 0) is 27.7 Å². The molecule has 0 fully saturated rings. The van der Waals surface area contributed by atoms with Crippen molar-refractivity contribution in [3.8, 4) is 0 Å². The highest BCUT2D eigenvalue weighted by Crippen LogP contribution is 2.28. The van der Waals surface area contributed by atoms with Crippen molar-refractivity contribution in [3.63, 3.8) is 0 Å². The predicted molar refractivity (Wildman–Crippen MR) is 90.4 cm³/mol. The number of rotatable bonds is 3. The molecule has 0 radical (unpaired) electrons. The van der Waals surface area contributed by atoms with E-state index in [0.29, 0.717) is 40.2 Å². The molecule has 1 N–H and O–H groups in total. The van der Waals surface area contributed by atoms with E-state index >= 15 is 0 Å². The first-order chi connectivity index (χ1) is 11.3. The van der Waals surface area contributed by atoms with Crippen LogP contribution in [0.4, 0.5) is 10.1 Å². The summed E-state index contributed by atoms with van der Waals surface area (Å²) in [6.45, 7) is 1.73. The van der Waals surface area contributed by atoms with Crippen LogP contribution in [0.1, 0.15) is 23.1 Å². The zero-order valence-corrected chi connectivity index (χ0v) is 14.5. The Morgan fingerprint density at radius 1 is 1.12 bits per heavy atom. The summed E-state index contributed by atoms with van der Waals surface area (Å²) in [4.78, 5) is 11.0. The highest BCUT2D eigenvalue weighted by atomic mass is 35.5. The number of anilines is 1. The molecule has 0 bridgehead atoms. The second kappa shape index (κ2) is 6.18. The molecule has 2 aromatic carbocycles. The van der Waals surface area contributed by atoms with Crippen LogP contribution < -0.4 is 4.72 Å². The first-order valence-corrected chi connectivity index (χ1v) is 9.24. The molecule has 0 saturated heterocycles. The Bertz CT molecular complexity index is 941. The van der Waals surface area contributed by atoms with Crippen LogP contribution in [0.25, 0.3) is 0 Å². The Kier molecular flexibility index (Phi) is 4.36. The van der Waals surface area contributed by atoms with E-state index in [1.165, 1.54) is 12.1 Å². The molecular formula is C17H15ClFNO3S. The molecule has 0 aromatic heterocycles. The zero-order chi connectivity index (χ0) is 17.5. The minimum Gasteiger partial charge on any atom is -0.299 e. The van der Waals surface area contributed by atoms with Crippen LogP contribution in [0.3, 0.4) is 0 Å². The van der Waals surface area contributed by atoms with Crippen molar-refractivity contribution in [2.24, 2.45) is 0 Å². The van der Waals surface area contributed by atoms with E-state index < -0.39 is 20.7 Å². The third kappa shape index (κ3) is 3.30. The summed E-state index contributed by atoms with van der Waals surface area (Å²) in [5, 5.41) is 0.378. The van der Waals surface area contributed by atoms with Crippen molar-refractivity contribution in [1.82, 2.24) is 0 Å². The molecule has 7 heteroatoms. The van der Waals surface area contributed by atoms with Gasteiger partial charge in [-0.1, -0.05) is 17.7 Å². The molecule has 1 aliphatic rings. The second-order valence-electron chi connectivity index (χ2n) is 5.83. The molecular weight excluding hydrogens is 353 g/mol. The van der Waals surface area contributed by atoms with Crippen molar-refractivity contribution >= 4 is 33.1 Å². The number of hydrogen-bond donors (Lipinski definition) is 1. The number of carbonyl (C=O) groups excluding carboxylic acids is 1. The van der Waals surface area contributed by atoms with Gasteiger partial charge in [0, 0.05) is 17.9 Å². The maximum atomic E-state index is 14.3. The van der Waals surface area contributed by atoms with Gasteiger partial charge in [0.25, 0.3) is 10.0 Å². The lowest BCUT2D eigenvalue weighted by Gasteiger charge is -2.17. The Balaban J connectivity index is 2.01. The smallest absolute Gasteiger partial charge is 0.264 e. The van der Waals surface area contributed by atoms with E-state index in [2.05, 4.69) is 4.72 Å². The monoisotopic (exact) mass is 367 g/mol. The Morgan fingerprint density at radius 3 is 2.62 bits per heavy atom. The van der Waals surface area contributed by atoms with Gasteiger partial charge in [-0.2, -0.15) is 0 Å².